The molecular formula is C26H29FN6O2. The van der Waals surface area contributed by atoms with E-state index in [1.807, 2.05) is 23.9 Å². The number of amides is 1. The fraction of sp³-hybridized carbons (Fsp3) is 0.423. The van der Waals surface area contributed by atoms with Gasteiger partial charge in [-0.3, -0.25) is 4.79 Å². The van der Waals surface area contributed by atoms with Crippen molar-refractivity contribution in [2.24, 2.45) is 18.7 Å². The van der Waals surface area contributed by atoms with Crippen LogP contribution in [0.15, 0.2) is 36.5 Å². The number of nitrogens with zero attached hydrogens (tertiary/aromatic N) is 5. The summed E-state index contributed by atoms with van der Waals surface area (Å²) in [4.78, 5) is 24.5. The van der Waals surface area contributed by atoms with Crippen molar-refractivity contribution in [1.82, 2.24) is 24.0 Å². The van der Waals surface area contributed by atoms with Gasteiger partial charge in [0, 0.05) is 43.8 Å². The summed E-state index contributed by atoms with van der Waals surface area (Å²) < 4.78 is 23.8. The molecule has 1 saturated carbocycles. The number of imidazole rings is 1. The summed E-state index contributed by atoms with van der Waals surface area (Å²) >= 11 is 0. The first-order valence-corrected chi connectivity index (χ1v) is 12.1. The molecular weight excluding hydrogens is 447 g/mol. The topological polar surface area (TPSA) is 91.2 Å². The Morgan fingerprint density at radius 3 is 2.83 bits per heavy atom. The van der Waals surface area contributed by atoms with Gasteiger partial charge in [0.15, 0.2) is 5.82 Å². The maximum absolute atomic E-state index is 13.8. The summed E-state index contributed by atoms with van der Waals surface area (Å²) in [6.07, 6.45) is 3.46. The van der Waals surface area contributed by atoms with E-state index in [1.165, 1.54) is 12.8 Å². The predicted molar refractivity (Wildman–Crippen MR) is 132 cm³/mol. The van der Waals surface area contributed by atoms with E-state index in [0.717, 1.165) is 34.6 Å². The molecule has 2 N–H and O–H groups in total. The van der Waals surface area contributed by atoms with Crippen LogP contribution in [0.3, 0.4) is 0 Å². The number of fused-ring (bicyclic) bond motifs is 2. The van der Waals surface area contributed by atoms with Gasteiger partial charge in [0.05, 0.1) is 24.4 Å². The van der Waals surface area contributed by atoms with Gasteiger partial charge in [-0.05, 0) is 55.5 Å². The average molecular weight is 477 g/mol. The number of benzene rings is 1. The van der Waals surface area contributed by atoms with Gasteiger partial charge >= 0.3 is 0 Å². The first-order chi connectivity index (χ1) is 16.9. The van der Waals surface area contributed by atoms with Crippen LogP contribution in [-0.2, 0) is 13.6 Å². The minimum absolute atomic E-state index is 0.188. The Hall–Kier alpha value is -3.46. The Morgan fingerprint density at radius 2 is 2.09 bits per heavy atom. The number of methoxy groups -OCH3 is 1. The third-order valence-electron chi connectivity index (χ3n) is 7.28. The molecule has 0 unspecified atom stereocenters. The molecule has 0 radical (unpaired) electrons. The molecule has 1 aromatic carbocycles. The number of ether oxygens (including phenoxy) is 1. The molecule has 9 heteroatoms. The SMILES string of the molecule is COc1cc(C(=O)N2CC[C@@H](F)[C@H](N)C2)cc2nc(-c3cc4cccnc4n3CC3CC3)n(C)c12. The Labute approximate surface area is 202 Å². The number of carbonyl (C=O) groups excluding carboxylic acids is 1. The van der Waals surface area contributed by atoms with Crippen molar-refractivity contribution in [3.63, 3.8) is 0 Å². The number of aryl methyl sites for hydroxylation is 1. The van der Waals surface area contributed by atoms with E-state index in [9.17, 15) is 9.18 Å². The maximum atomic E-state index is 13.8. The summed E-state index contributed by atoms with van der Waals surface area (Å²) in [5.74, 6) is 1.84. The van der Waals surface area contributed by atoms with Crippen molar-refractivity contribution in [2.45, 2.75) is 38.0 Å². The monoisotopic (exact) mass is 476 g/mol. The minimum atomic E-state index is -1.08. The number of likely N-dealkylation sites (tertiary alicyclic amines) is 1. The Bertz CT molecular complexity index is 1440. The quantitative estimate of drug-likeness (QED) is 0.476. The molecule has 2 atom stereocenters. The number of pyridine rings is 1. The highest BCUT2D eigenvalue weighted by Gasteiger charge is 2.31. The summed E-state index contributed by atoms with van der Waals surface area (Å²) in [5, 5.41) is 1.07. The highest BCUT2D eigenvalue weighted by molar-refractivity contribution is 6.00. The molecule has 2 aliphatic rings. The van der Waals surface area contributed by atoms with E-state index in [-0.39, 0.29) is 18.9 Å². The smallest absolute Gasteiger partial charge is 0.254 e. The maximum Gasteiger partial charge on any atom is 0.254 e. The fourth-order valence-electron chi connectivity index (χ4n) is 5.15. The van der Waals surface area contributed by atoms with Crippen molar-refractivity contribution in [2.75, 3.05) is 20.2 Å². The van der Waals surface area contributed by atoms with Gasteiger partial charge in [-0.15, -0.1) is 0 Å². The average Bonchev–Trinajstić information content (AvgIpc) is 3.53. The third kappa shape index (κ3) is 3.74. The molecule has 1 amide bonds. The van der Waals surface area contributed by atoms with Gasteiger partial charge in [0.2, 0.25) is 0 Å². The Kier molecular flexibility index (Phi) is 5.25. The Morgan fingerprint density at radius 1 is 1.26 bits per heavy atom. The summed E-state index contributed by atoms with van der Waals surface area (Å²) in [7, 11) is 3.56. The Balaban J connectivity index is 1.45. The van der Waals surface area contributed by atoms with Gasteiger partial charge < -0.3 is 24.5 Å². The molecule has 1 saturated heterocycles. The summed E-state index contributed by atoms with van der Waals surface area (Å²) in [6.45, 7) is 1.45. The van der Waals surface area contributed by atoms with Crippen molar-refractivity contribution in [3.8, 4) is 17.3 Å². The largest absolute Gasteiger partial charge is 0.494 e. The van der Waals surface area contributed by atoms with Crippen LogP contribution < -0.4 is 10.5 Å². The van der Waals surface area contributed by atoms with Gasteiger partial charge in [-0.1, -0.05) is 0 Å². The molecule has 8 nitrogen and oxygen atoms in total. The lowest BCUT2D eigenvalue weighted by molar-refractivity contribution is 0.0630. The minimum Gasteiger partial charge on any atom is -0.494 e. The van der Waals surface area contributed by atoms with Crippen LogP contribution in [0.1, 0.15) is 29.6 Å². The van der Waals surface area contributed by atoms with Crippen LogP contribution >= 0.6 is 0 Å². The zero-order chi connectivity index (χ0) is 24.3. The molecule has 2 fully saturated rings. The highest BCUT2D eigenvalue weighted by Crippen LogP contribution is 2.37. The van der Waals surface area contributed by atoms with Crippen LogP contribution in [0.25, 0.3) is 33.6 Å². The summed E-state index contributed by atoms with van der Waals surface area (Å²) in [6, 6.07) is 9.02. The second-order valence-corrected chi connectivity index (χ2v) is 9.76. The lowest BCUT2D eigenvalue weighted by Gasteiger charge is -2.33. The highest BCUT2D eigenvalue weighted by atomic mass is 19.1. The van der Waals surface area contributed by atoms with Crippen molar-refractivity contribution < 1.29 is 13.9 Å². The van der Waals surface area contributed by atoms with Gasteiger partial charge in [-0.25, -0.2) is 14.4 Å². The number of nitrogens with two attached hydrogens (primary N) is 1. The van der Waals surface area contributed by atoms with Gasteiger partial charge in [0.1, 0.15) is 23.1 Å². The van der Waals surface area contributed by atoms with Crippen molar-refractivity contribution in [3.05, 3.63) is 42.1 Å². The standard InChI is InChI=1S/C26H29FN6O2/c1-31-23-20(10-17(12-22(23)35-2)26(34)32-9-7-18(27)19(28)14-32)30-25(31)21-11-16-4-3-8-29-24(16)33(21)13-15-5-6-15/h3-4,8,10-12,15,18-19H,5-7,9,13-14,28H2,1-2H3/t18-,19-/m1/s1. The fourth-order valence-corrected chi connectivity index (χ4v) is 5.15. The van der Waals surface area contributed by atoms with Crippen LogP contribution in [0.2, 0.25) is 0 Å². The summed E-state index contributed by atoms with van der Waals surface area (Å²) in [5.41, 5.74) is 9.79. The molecule has 6 rings (SSSR count). The van der Waals surface area contributed by atoms with E-state index >= 15 is 0 Å². The van der Waals surface area contributed by atoms with Gasteiger partial charge in [0.25, 0.3) is 5.91 Å². The molecule has 0 bridgehead atoms. The first-order valence-electron chi connectivity index (χ1n) is 12.1. The number of halogens is 1. The van der Waals surface area contributed by atoms with Crippen LogP contribution in [0.5, 0.6) is 5.75 Å². The second-order valence-electron chi connectivity index (χ2n) is 9.76. The van der Waals surface area contributed by atoms with Crippen LogP contribution in [-0.4, -0.2) is 62.3 Å². The molecule has 1 aliphatic heterocycles. The molecule has 0 spiro atoms. The molecule has 1 aliphatic carbocycles. The van der Waals surface area contributed by atoms with Crippen LogP contribution in [0, 0.1) is 5.92 Å². The van der Waals surface area contributed by atoms with Crippen molar-refractivity contribution >= 4 is 28.0 Å². The molecule has 4 aromatic rings. The normalized spacial score (nSPS) is 20.6. The molecule has 182 valence electrons. The predicted octanol–water partition coefficient (Wildman–Crippen LogP) is 3.52. The third-order valence-corrected chi connectivity index (χ3v) is 7.28. The number of aromatic nitrogens is 4. The molecule has 35 heavy (non-hydrogen) atoms. The van der Waals surface area contributed by atoms with E-state index in [0.29, 0.717) is 29.3 Å². The number of carbonyl (C=O) groups is 1. The van der Waals surface area contributed by atoms with Crippen LogP contribution in [0.4, 0.5) is 4.39 Å². The second kappa shape index (κ2) is 8.34. The van der Waals surface area contributed by atoms with E-state index < -0.39 is 12.2 Å². The number of rotatable bonds is 5. The molecule has 3 aromatic heterocycles. The van der Waals surface area contributed by atoms with Crippen molar-refractivity contribution in [1.29, 1.82) is 0 Å². The zero-order valence-electron chi connectivity index (χ0n) is 19.9. The van der Waals surface area contributed by atoms with Gasteiger partial charge in [-0.2, -0.15) is 0 Å². The first kappa shape index (κ1) is 22.0. The van der Waals surface area contributed by atoms with E-state index in [2.05, 4.69) is 21.7 Å². The number of hydrogen-bond donors (Lipinski definition) is 1. The van der Waals surface area contributed by atoms with E-state index in [4.69, 9.17) is 15.5 Å². The lowest BCUT2D eigenvalue weighted by Crippen LogP contribution is -2.51. The number of piperidine rings is 1. The lowest BCUT2D eigenvalue weighted by atomic mass is 10.0. The molecule has 4 heterocycles. The van der Waals surface area contributed by atoms with E-state index in [1.54, 1.807) is 24.1 Å². The zero-order valence-corrected chi connectivity index (χ0v) is 19.9. The number of alkyl halides is 1. The number of hydrogen-bond acceptors (Lipinski definition) is 5.